The fourth-order valence-electron chi connectivity index (χ4n) is 2.76. The van der Waals surface area contributed by atoms with Gasteiger partial charge in [-0.25, -0.2) is 0 Å². The molecule has 1 aliphatic carbocycles. The minimum atomic E-state index is -2.05. The van der Waals surface area contributed by atoms with Crippen molar-refractivity contribution < 1.29 is 23.9 Å². The molecule has 1 N–H and O–H groups in total. The number of carbonyl (C=O) groups excluding carboxylic acids is 2. The van der Waals surface area contributed by atoms with Crippen molar-refractivity contribution in [2.45, 2.75) is 90.0 Å². The van der Waals surface area contributed by atoms with Crippen LogP contribution in [-0.2, 0) is 18.8 Å². The zero-order chi connectivity index (χ0) is 19.3. The van der Waals surface area contributed by atoms with Gasteiger partial charge >= 0.3 is 5.97 Å². The topological polar surface area (TPSA) is 80.7 Å². The molecule has 0 aliphatic heterocycles. The van der Waals surface area contributed by atoms with Crippen LogP contribution in [0.3, 0.4) is 0 Å². The zero-order valence-corrected chi connectivity index (χ0v) is 17.2. The van der Waals surface area contributed by atoms with Gasteiger partial charge in [0.15, 0.2) is 14.1 Å². The first-order valence-electron chi connectivity index (χ1n) is 9.10. The first-order chi connectivity index (χ1) is 11.5. The summed E-state index contributed by atoms with van der Waals surface area (Å²) in [5.74, 6) is -0.751. The number of allylic oxidation sites excluding steroid dienone is 1. The Hall–Kier alpha value is -1.27. The van der Waals surface area contributed by atoms with Crippen LogP contribution in [0, 0.1) is 0 Å². The van der Waals surface area contributed by atoms with Gasteiger partial charge in [0.25, 0.3) is 0 Å². The largest absolute Gasteiger partial charge is 0.481 e. The third-order valence-corrected chi connectivity index (χ3v) is 9.83. The van der Waals surface area contributed by atoms with Crippen molar-refractivity contribution >= 4 is 26.4 Å². The van der Waals surface area contributed by atoms with Crippen LogP contribution in [-0.4, -0.2) is 37.6 Å². The van der Waals surface area contributed by atoms with Crippen molar-refractivity contribution in [2.24, 2.45) is 0 Å². The molecule has 0 saturated heterocycles. The van der Waals surface area contributed by atoms with Crippen LogP contribution in [0.15, 0.2) is 11.1 Å². The Balaban J connectivity index is 2.66. The summed E-state index contributed by atoms with van der Waals surface area (Å²) in [5, 5.41) is 8.65. The molecule has 0 aromatic carbocycles. The standard InChI is InChI=1S/C19H32O5Si/c1-19(2,3)25(4,5)24-17-12-16(21)14(15(17)13-20)10-8-6-7-9-11-18(22)23/h13,17H,6-12H2,1-5H3,(H,22,23). The molecule has 0 heterocycles. The number of hydrogen-bond acceptors (Lipinski definition) is 4. The van der Waals surface area contributed by atoms with Gasteiger partial charge in [-0.05, 0) is 37.4 Å². The summed E-state index contributed by atoms with van der Waals surface area (Å²) in [5.41, 5.74) is 1.15. The summed E-state index contributed by atoms with van der Waals surface area (Å²) in [6.07, 6.45) is 4.58. The summed E-state index contributed by atoms with van der Waals surface area (Å²) in [4.78, 5) is 34.4. The third kappa shape index (κ3) is 6.19. The number of unbranched alkanes of at least 4 members (excludes halogenated alkanes) is 3. The molecule has 0 amide bonds. The molecule has 6 heteroatoms. The van der Waals surface area contributed by atoms with E-state index in [4.69, 9.17) is 9.53 Å². The lowest BCUT2D eigenvalue weighted by Crippen LogP contribution is -2.44. The molecule has 25 heavy (non-hydrogen) atoms. The number of hydrogen-bond donors (Lipinski definition) is 1. The second kappa shape index (κ2) is 8.90. The van der Waals surface area contributed by atoms with Crippen molar-refractivity contribution in [1.82, 2.24) is 0 Å². The monoisotopic (exact) mass is 368 g/mol. The van der Waals surface area contributed by atoms with Gasteiger partial charge in [-0.15, -0.1) is 0 Å². The summed E-state index contributed by atoms with van der Waals surface area (Å²) in [7, 11) is -2.05. The van der Waals surface area contributed by atoms with E-state index >= 15 is 0 Å². The molecular formula is C19H32O5Si. The number of aliphatic carboxylic acids is 1. The van der Waals surface area contributed by atoms with E-state index in [1.54, 1.807) is 0 Å². The average molecular weight is 369 g/mol. The molecule has 0 spiro atoms. The lowest BCUT2D eigenvalue weighted by Gasteiger charge is -2.38. The first-order valence-corrected chi connectivity index (χ1v) is 12.0. The molecular weight excluding hydrogens is 336 g/mol. The highest BCUT2D eigenvalue weighted by Gasteiger charge is 2.42. The summed E-state index contributed by atoms with van der Waals surface area (Å²) in [6, 6.07) is 0. The van der Waals surface area contributed by atoms with Crippen LogP contribution in [0.25, 0.3) is 0 Å². The van der Waals surface area contributed by atoms with Crippen molar-refractivity contribution in [3.05, 3.63) is 11.1 Å². The zero-order valence-electron chi connectivity index (χ0n) is 16.2. The van der Waals surface area contributed by atoms with Crippen LogP contribution in [0.1, 0.15) is 65.7 Å². The Bertz CT molecular complexity index is 543. The molecule has 0 saturated carbocycles. The Morgan fingerprint density at radius 3 is 2.36 bits per heavy atom. The predicted molar refractivity (Wildman–Crippen MR) is 100 cm³/mol. The summed E-state index contributed by atoms with van der Waals surface area (Å²) >= 11 is 0. The fraction of sp³-hybridized carbons (Fsp3) is 0.737. The van der Waals surface area contributed by atoms with E-state index in [1.807, 2.05) is 0 Å². The highest BCUT2D eigenvalue weighted by molar-refractivity contribution is 6.74. The Labute approximate surface area is 152 Å². The number of carboxylic acid groups (broad SMARTS) is 1. The molecule has 0 aromatic heterocycles. The number of Topliss-reactive ketones (excluding diaryl/α,β-unsaturated/α-hetero) is 1. The summed E-state index contributed by atoms with van der Waals surface area (Å²) < 4.78 is 6.30. The minimum absolute atomic E-state index is 0.0244. The molecule has 1 rings (SSSR count). The van der Waals surface area contributed by atoms with E-state index in [-0.39, 0.29) is 23.7 Å². The number of carboxylic acids is 1. The Kier molecular flexibility index (Phi) is 7.75. The van der Waals surface area contributed by atoms with E-state index in [2.05, 4.69) is 33.9 Å². The maximum Gasteiger partial charge on any atom is 0.303 e. The van der Waals surface area contributed by atoms with Crippen LogP contribution in [0.4, 0.5) is 0 Å². The number of rotatable bonds is 10. The van der Waals surface area contributed by atoms with Crippen molar-refractivity contribution in [3.63, 3.8) is 0 Å². The molecule has 0 aromatic rings. The molecule has 142 valence electrons. The van der Waals surface area contributed by atoms with E-state index in [9.17, 15) is 14.4 Å². The van der Waals surface area contributed by atoms with Crippen LogP contribution in [0.2, 0.25) is 18.1 Å². The normalized spacial score (nSPS) is 18.8. The Morgan fingerprint density at radius 1 is 1.24 bits per heavy atom. The summed E-state index contributed by atoms with van der Waals surface area (Å²) in [6.45, 7) is 10.7. The van der Waals surface area contributed by atoms with Gasteiger partial charge in [0.1, 0.15) is 6.29 Å². The van der Waals surface area contributed by atoms with E-state index in [0.717, 1.165) is 25.5 Å². The van der Waals surface area contributed by atoms with Crippen LogP contribution < -0.4 is 0 Å². The van der Waals surface area contributed by atoms with Crippen molar-refractivity contribution in [3.8, 4) is 0 Å². The highest BCUT2D eigenvalue weighted by atomic mass is 28.4. The maximum atomic E-state index is 12.3. The van der Waals surface area contributed by atoms with Gasteiger partial charge in [-0.2, -0.15) is 0 Å². The smallest absolute Gasteiger partial charge is 0.303 e. The quantitative estimate of drug-likeness (QED) is 0.354. The lowest BCUT2D eigenvalue weighted by molar-refractivity contribution is -0.137. The fourth-order valence-corrected chi connectivity index (χ4v) is 4.03. The molecule has 1 unspecified atom stereocenters. The Morgan fingerprint density at radius 2 is 1.84 bits per heavy atom. The highest BCUT2D eigenvalue weighted by Crippen LogP contribution is 2.40. The van der Waals surface area contributed by atoms with Gasteiger partial charge in [-0.1, -0.05) is 33.6 Å². The maximum absolute atomic E-state index is 12.3. The molecule has 0 fully saturated rings. The average Bonchev–Trinajstić information content (AvgIpc) is 2.75. The predicted octanol–water partition coefficient (Wildman–Crippen LogP) is 4.27. The minimum Gasteiger partial charge on any atom is -0.481 e. The molecule has 0 radical (unpaired) electrons. The van der Waals surface area contributed by atoms with Crippen molar-refractivity contribution in [2.75, 3.05) is 0 Å². The van der Waals surface area contributed by atoms with E-state index in [1.165, 1.54) is 0 Å². The molecule has 1 atom stereocenters. The van der Waals surface area contributed by atoms with E-state index < -0.39 is 20.4 Å². The van der Waals surface area contributed by atoms with Gasteiger partial charge in [-0.3, -0.25) is 14.4 Å². The van der Waals surface area contributed by atoms with Crippen LogP contribution in [0.5, 0.6) is 0 Å². The van der Waals surface area contributed by atoms with Gasteiger partial charge in [0.05, 0.1) is 6.10 Å². The van der Waals surface area contributed by atoms with Gasteiger partial charge in [0.2, 0.25) is 0 Å². The second-order valence-corrected chi connectivity index (χ2v) is 13.1. The number of ketones is 1. The first kappa shape index (κ1) is 21.8. The number of carbonyl (C=O) groups is 3. The lowest BCUT2D eigenvalue weighted by atomic mass is 10.0. The second-order valence-electron chi connectivity index (χ2n) is 8.35. The van der Waals surface area contributed by atoms with Gasteiger partial charge < -0.3 is 9.53 Å². The number of aldehydes is 1. The third-order valence-electron chi connectivity index (χ3n) is 5.34. The molecule has 5 nitrogen and oxygen atoms in total. The van der Waals surface area contributed by atoms with E-state index in [0.29, 0.717) is 24.0 Å². The molecule has 0 bridgehead atoms. The van der Waals surface area contributed by atoms with Crippen LogP contribution >= 0.6 is 0 Å². The molecule has 1 aliphatic rings. The van der Waals surface area contributed by atoms with Crippen molar-refractivity contribution in [1.29, 1.82) is 0 Å². The SMILES string of the molecule is CC(C)(C)[Si](C)(C)OC1CC(=O)C(CCCCCCC(=O)O)=C1C=O. The van der Waals surface area contributed by atoms with Gasteiger partial charge in [0, 0.05) is 24.0 Å².